The van der Waals surface area contributed by atoms with Gasteiger partial charge in [0.05, 0.1) is 0 Å². The average Bonchev–Trinajstić information content (AvgIpc) is 2.54. The average molecular weight is 440 g/mol. The van der Waals surface area contributed by atoms with E-state index >= 15 is 0 Å². The van der Waals surface area contributed by atoms with Crippen LogP contribution < -0.4 is 37.2 Å². The van der Waals surface area contributed by atoms with Crippen molar-refractivity contribution in [2.24, 2.45) is 0 Å². The second kappa shape index (κ2) is 18.3. The van der Waals surface area contributed by atoms with Crippen LogP contribution in [0, 0.1) is 18.1 Å². The van der Waals surface area contributed by atoms with Crippen molar-refractivity contribution in [3.05, 3.63) is 65.1 Å². The summed E-state index contributed by atoms with van der Waals surface area (Å²) in [6.07, 6.45) is 3.50. The molecule has 1 radical (unpaired) electrons. The molecule has 0 spiro atoms. The normalized spacial score (nSPS) is 17.4. The molecule has 5 heteroatoms. The van der Waals surface area contributed by atoms with Crippen LogP contribution in [0.15, 0.2) is 47.1 Å². The molecule has 1 unspecified atom stereocenters. The SMILES string of the molecule is CC1=[C-]C(C)([SiH3])C(C)=C1C.C[C-](C)C.[Cl-].[Cl-].[Cl-].[Ti+3].[c-]1ccccc1. The summed E-state index contributed by atoms with van der Waals surface area (Å²) in [6.45, 7) is 15.1. The Morgan fingerprint density at radius 3 is 1.38 bits per heavy atom. The van der Waals surface area contributed by atoms with Gasteiger partial charge in [-0.05, 0) is 10.2 Å². The van der Waals surface area contributed by atoms with E-state index in [1.165, 1.54) is 32.9 Å². The van der Waals surface area contributed by atoms with Crippen LogP contribution in [0.1, 0.15) is 48.5 Å². The molecule has 0 bridgehead atoms. The van der Waals surface area contributed by atoms with Crippen molar-refractivity contribution in [3.63, 3.8) is 0 Å². The van der Waals surface area contributed by atoms with Crippen molar-refractivity contribution in [1.82, 2.24) is 0 Å². The van der Waals surface area contributed by atoms with Crippen LogP contribution in [0.4, 0.5) is 0 Å². The predicted molar refractivity (Wildman–Crippen MR) is 94.7 cm³/mol. The maximum atomic E-state index is 3.50. The number of halogens is 3. The fourth-order valence-corrected chi connectivity index (χ4v) is 2.50. The second-order valence-corrected chi connectivity index (χ2v) is 8.20. The van der Waals surface area contributed by atoms with Gasteiger partial charge in [-0.2, -0.15) is 68.3 Å². The van der Waals surface area contributed by atoms with Gasteiger partial charge in [0, 0.05) is 0 Å². The van der Waals surface area contributed by atoms with Crippen molar-refractivity contribution in [2.45, 2.75) is 53.5 Å². The van der Waals surface area contributed by atoms with Crippen molar-refractivity contribution < 1.29 is 58.9 Å². The zero-order chi connectivity index (χ0) is 15.8. The predicted octanol–water partition coefficient (Wildman–Crippen LogP) is -4.25. The van der Waals surface area contributed by atoms with E-state index in [1.54, 1.807) is 0 Å². The third-order valence-electron chi connectivity index (χ3n) is 3.17. The third kappa shape index (κ3) is 16.0. The molecule has 0 aliphatic heterocycles. The van der Waals surface area contributed by atoms with E-state index in [0.29, 0.717) is 5.04 Å². The number of allylic oxidation sites excluding steroid dienone is 4. The van der Waals surface area contributed by atoms with Gasteiger partial charge in [-0.3, -0.25) is 6.08 Å². The summed E-state index contributed by atoms with van der Waals surface area (Å²) < 4.78 is 0. The molecule has 0 saturated carbocycles. The number of hydrogen-bond acceptors (Lipinski definition) is 0. The quantitative estimate of drug-likeness (QED) is 0.284. The standard InChI is InChI=1S/C9H15Si.C6H5.C4H9.3ClH.Ti/c1-6-5-9(4,10)8(3)7(6)2;1-2-4-6-5-3-1;1-4(2)3;;;;/h1-4,10H3;1-5H;1-3H3;3*1H;/q3*-1;;;;+3/p-3. The minimum atomic E-state index is 0. The maximum Gasteiger partial charge on any atom is 3.00 e. The first-order valence-electron chi connectivity index (χ1n) is 7.16. The number of rotatable bonds is 0. The zero-order valence-electron chi connectivity index (χ0n) is 16.0. The summed E-state index contributed by atoms with van der Waals surface area (Å²) in [5.74, 6) is 1.42. The van der Waals surface area contributed by atoms with E-state index in [1.807, 2.05) is 30.3 Å². The maximum absolute atomic E-state index is 3.50. The molecule has 0 heterocycles. The van der Waals surface area contributed by atoms with Crippen LogP contribution in [-0.2, 0) is 21.7 Å². The molecule has 0 amide bonds. The minimum absolute atomic E-state index is 0. The first kappa shape index (κ1) is 35.6. The monoisotopic (exact) mass is 438 g/mol. The van der Waals surface area contributed by atoms with Gasteiger partial charge in [0.25, 0.3) is 0 Å². The van der Waals surface area contributed by atoms with Gasteiger partial charge in [-0.25, -0.2) is 5.57 Å². The van der Waals surface area contributed by atoms with E-state index in [9.17, 15) is 0 Å². The molecule has 1 aromatic carbocycles. The third-order valence-corrected chi connectivity index (χ3v) is 4.17. The van der Waals surface area contributed by atoms with E-state index in [2.05, 4.69) is 60.6 Å². The Hall–Kier alpha value is 0.501. The first-order chi connectivity index (χ1) is 9.18. The summed E-state index contributed by atoms with van der Waals surface area (Å²) >= 11 is 0. The van der Waals surface area contributed by atoms with Gasteiger partial charge in [-0.15, -0.1) is 6.92 Å². The summed E-state index contributed by atoms with van der Waals surface area (Å²) in [5, 5.41) is 0.328. The topological polar surface area (TPSA) is 0 Å². The zero-order valence-corrected chi connectivity index (χ0v) is 21.8. The van der Waals surface area contributed by atoms with Crippen LogP contribution in [0.2, 0.25) is 5.04 Å². The van der Waals surface area contributed by atoms with E-state index in [4.69, 9.17) is 0 Å². The fourth-order valence-electron chi connectivity index (χ4n) is 1.75. The van der Waals surface area contributed by atoms with E-state index < -0.39 is 0 Å². The molecule has 0 fully saturated rings. The number of hydrogen-bond donors (Lipinski definition) is 0. The van der Waals surface area contributed by atoms with Crippen LogP contribution in [0.3, 0.4) is 0 Å². The molecule has 1 atom stereocenters. The van der Waals surface area contributed by atoms with Crippen molar-refractivity contribution in [3.8, 4) is 0 Å². The van der Waals surface area contributed by atoms with Crippen LogP contribution >= 0.6 is 0 Å². The van der Waals surface area contributed by atoms with Gasteiger partial charge >= 0.3 is 21.7 Å². The smallest absolute Gasteiger partial charge is 1.00 e. The van der Waals surface area contributed by atoms with Crippen LogP contribution in [0.25, 0.3) is 0 Å². The van der Waals surface area contributed by atoms with E-state index in [0.717, 1.165) is 0 Å². The van der Waals surface area contributed by atoms with Crippen LogP contribution in [0.5, 0.6) is 0 Å². The van der Waals surface area contributed by atoms with Gasteiger partial charge in [0.2, 0.25) is 0 Å². The Morgan fingerprint density at radius 1 is 0.917 bits per heavy atom. The van der Waals surface area contributed by atoms with Crippen molar-refractivity contribution in [2.75, 3.05) is 0 Å². The fraction of sp³-hybridized carbons (Fsp3) is 0.421. The molecule has 1 aromatic rings. The molecule has 1 aliphatic rings. The summed E-state index contributed by atoms with van der Waals surface area (Å²) in [4.78, 5) is 0. The Balaban J connectivity index is -0.0000000758. The molecular weight excluding hydrogens is 411 g/mol. The summed E-state index contributed by atoms with van der Waals surface area (Å²) in [5.41, 5.74) is 4.34. The Bertz CT molecular complexity index is 425. The van der Waals surface area contributed by atoms with E-state index in [-0.39, 0.29) is 58.9 Å². The molecule has 0 N–H and O–H groups in total. The van der Waals surface area contributed by atoms with Gasteiger partial charge < -0.3 is 43.1 Å². The molecule has 0 nitrogen and oxygen atoms in total. The molecule has 24 heavy (non-hydrogen) atoms. The van der Waals surface area contributed by atoms with Gasteiger partial charge in [0.1, 0.15) is 0 Å². The molecule has 137 valence electrons. The summed E-state index contributed by atoms with van der Waals surface area (Å²) in [6, 6.07) is 12.5. The molecule has 1 aliphatic carbocycles. The Kier molecular flexibility index (Phi) is 27.1. The minimum Gasteiger partial charge on any atom is -1.00 e. The second-order valence-electron chi connectivity index (χ2n) is 6.20. The first-order valence-corrected chi connectivity index (χ1v) is 8.16. The molecule has 0 aromatic heterocycles. The van der Waals surface area contributed by atoms with Crippen molar-refractivity contribution >= 4 is 10.2 Å². The number of benzene rings is 1. The molecule has 0 saturated heterocycles. The molecular formula is C19H29Cl3SiTi-3. The Morgan fingerprint density at radius 2 is 1.29 bits per heavy atom. The summed E-state index contributed by atoms with van der Waals surface area (Å²) in [7, 11) is 1.18. The van der Waals surface area contributed by atoms with Gasteiger partial charge in [0.15, 0.2) is 0 Å². The van der Waals surface area contributed by atoms with Gasteiger partial charge in [-0.1, -0.05) is 25.8 Å². The Labute approximate surface area is 186 Å². The van der Waals surface area contributed by atoms with Crippen LogP contribution in [-0.4, -0.2) is 10.2 Å². The van der Waals surface area contributed by atoms with Crippen molar-refractivity contribution in [1.29, 1.82) is 0 Å². The largest absolute Gasteiger partial charge is 3.00 e. The molecule has 2 rings (SSSR count).